The van der Waals surface area contributed by atoms with Crippen molar-refractivity contribution in [3.8, 4) is 28.7 Å². The van der Waals surface area contributed by atoms with Crippen LogP contribution in [0.5, 0.6) is 28.7 Å². The minimum absolute atomic E-state index is 0.120. The number of hydrogen-bond donors (Lipinski definition) is 1. The van der Waals surface area contributed by atoms with E-state index in [9.17, 15) is 5.11 Å². The molecule has 0 heterocycles. The topological polar surface area (TPSA) is 57.2 Å². The maximum atomic E-state index is 10.1. The molecule has 5 nitrogen and oxygen atoms in total. The van der Waals surface area contributed by atoms with Crippen molar-refractivity contribution >= 4 is 50.7 Å². The van der Waals surface area contributed by atoms with Gasteiger partial charge in [-0.1, -0.05) is 12.2 Å². The van der Waals surface area contributed by atoms with Crippen LogP contribution in [0.4, 0.5) is 0 Å². The van der Waals surface area contributed by atoms with Crippen LogP contribution in [0.25, 0.3) is 12.2 Å². The maximum Gasteiger partial charge on any atom is 0.204 e. The highest BCUT2D eigenvalue weighted by Gasteiger charge is 2.18. The zero-order chi connectivity index (χ0) is 18.6. The average molecular weight is 521 g/mol. The zero-order valence-corrected chi connectivity index (χ0v) is 18.0. The Hall–Kier alpha value is -1.61. The molecule has 0 aliphatic carbocycles. The van der Waals surface area contributed by atoms with E-state index in [1.807, 2.05) is 24.3 Å². The third-order valence-electron chi connectivity index (χ3n) is 3.57. The van der Waals surface area contributed by atoms with Crippen LogP contribution in [0.3, 0.4) is 0 Å². The van der Waals surface area contributed by atoms with E-state index in [1.54, 1.807) is 27.4 Å². The number of halogens is 2. The largest absolute Gasteiger partial charge is 0.504 e. The Balaban J connectivity index is 2.50. The highest BCUT2D eigenvalue weighted by atomic mass is 127. The van der Waals surface area contributed by atoms with E-state index in [1.165, 1.54) is 7.11 Å². The van der Waals surface area contributed by atoms with Crippen molar-refractivity contribution in [1.29, 1.82) is 0 Å². The number of methoxy groups -OCH3 is 4. The van der Waals surface area contributed by atoms with E-state index in [0.29, 0.717) is 26.6 Å². The molecule has 0 aliphatic rings. The first-order chi connectivity index (χ1) is 12.0. The second-order valence-corrected chi connectivity index (χ2v) is 6.77. The van der Waals surface area contributed by atoms with Gasteiger partial charge >= 0.3 is 0 Å². The highest BCUT2D eigenvalue weighted by Crippen LogP contribution is 2.45. The molecule has 25 heavy (non-hydrogen) atoms. The lowest BCUT2D eigenvalue weighted by molar-refractivity contribution is 0.323. The molecule has 0 saturated heterocycles. The fourth-order valence-corrected chi connectivity index (χ4v) is 3.51. The van der Waals surface area contributed by atoms with Gasteiger partial charge in [-0.15, -0.1) is 0 Å². The van der Waals surface area contributed by atoms with Crippen molar-refractivity contribution in [2.24, 2.45) is 0 Å². The molecule has 134 valence electrons. The molecule has 2 aromatic rings. The monoisotopic (exact) mass is 520 g/mol. The Bertz CT molecular complexity index is 805. The lowest BCUT2D eigenvalue weighted by Crippen LogP contribution is -1.97. The molecule has 0 saturated carbocycles. The summed E-state index contributed by atoms with van der Waals surface area (Å²) in [4.78, 5) is 0. The third kappa shape index (κ3) is 3.98. The Morgan fingerprint density at radius 1 is 0.880 bits per heavy atom. The van der Waals surface area contributed by atoms with Gasteiger partial charge < -0.3 is 24.1 Å². The molecule has 1 N–H and O–H groups in total. The average Bonchev–Trinajstić information content (AvgIpc) is 2.63. The van der Waals surface area contributed by atoms with Crippen LogP contribution >= 0.6 is 38.5 Å². The Morgan fingerprint density at radius 3 is 2.04 bits per heavy atom. The first-order valence-corrected chi connectivity index (χ1v) is 9.07. The minimum atomic E-state index is 0.120. The second kappa shape index (κ2) is 8.66. The smallest absolute Gasteiger partial charge is 0.204 e. The molecule has 0 fully saturated rings. The van der Waals surface area contributed by atoms with Gasteiger partial charge in [-0.05, 0) is 67.8 Å². The van der Waals surface area contributed by atoms with Crippen LogP contribution in [0.1, 0.15) is 11.1 Å². The quantitative estimate of drug-likeness (QED) is 0.431. The SMILES string of the molecule is COc1ccc(/C=C\c2cc(OC)c(OC)c(OC)c2Br)c(I)c1O. The van der Waals surface area contributed by atoms with Crippen molar-refractivity contribution < 1.29 is 24.1 Å². The van der Waals surface area contributed by atoms with E-state index < -0.39 is 0 Å². The molecule has 7 heteroatoms. The van der Waals surface area contributed by atoms with Gasteiger partial charge in [0.2, 0.25) is 5.75 Å². The van der Waals surface area contributed by atoms with Crippen LogP contribution in [-0.4, -0.2) is 33.5 Å². The predicted octanol–water partition coefficient (Wildman–Crippen LogP) is 4.96. The van der Waals surface area contributed by atoms with Crippen LogP contribution in [0.15, 0.2) is 22.7 Å². The van der Waals surface area contributed by atoms with Gasteiger partial charge in [-0.2, -0.15) is 0 Å². The molecule has 0 unspecified atom stereocenters. The maximum absolute atomic E-state index is 10.1. The zero-order valence-electron chi connectivity index (χ0n) is 14.2. The number of benzene rings is 2. The summed E-state index contributed by atoms with van der Waals surface area (Å²) in [6.07, 6.45) is 3.80. The van der Waals surface area contributed by atoms with E-state index in [2.05, 4.69) is 38.5 Å². The third-order valence-corrected chi connectivity index (χ3v) is 5.52. The number of rotatable bonds is 6. The van der Waals surface area contributed by atoms with E-state index in [-0.39, 0.29) is 5.75 Å². The Morgan fingerprint density at radius 2 is 1.48 bits per heavy atom. The van der Waals surface area contributed by atoms with Crippen molar-refractivity contribution in [2.45, 2.75) is 0 Å². The number of ether oxygens (including phenoxy) is 4. The molecule has 0 atom stereocenters. The summed E-state index contributed by atoms with van der Waals surface area (Å²) in [7, 11) is 6.22. The fraction of sp³-hybridized carbons (Fsp3) is 0.222. The lowest BCUT2D eigenvalue weighted by atomic mass is 10.1. The van der Waals surface area contributed by atoms with Gasteiger partial charge in [0, 0.05) is 0 Å². The molecule has 0 radical (unpaired) electrons. The van der Waals surface area contributed by atoms with Gasteiger partial charge in [-0.3, -0.25) is 0 Å². The fourth-order valence-electron chi connectivity index (χ4n) is 2.30. The predicted molar refractivity (Wildman–Crippen MR) is 110 cm³/mol. The first kappa shape index (κ1) is 19.7. The second-order valence-electron chi connectivity index (χ2n) is 4.90. The van der Waals surface area contributed by atoms with Gasteiger partial charge in [0.05, 0.1) is 36.5 Å². The standard InChI is InChI=1S/C18H18BrIO5/c1-22-12-8-7-10(15(20)16(12)21)5-6-11-9-13(23-2)17(24-3)18(25-4)14(11)19/h5-9,21H,1-4H3/b6-5-. The summed E-state index contributed by atoms with van der Waals surface area (Å²) in [5.74, 6) is 2.19. The molecule has 0 amide bonds. The van der Waals surface area contributed by atoms with Crippen molar-refractivity contribution in [3.05, 3.63) is 37.4 Å². The van der Waals surface area contributed by atoms with Crippen molar-refractivity contribution in [2.75, 3.05) is 28.4 Å². The number of hydrogen-bond acceptors (Lipinski definition) is 5. The van der Waals surface area contributed by atoms with Crippen molar-refractivity contribution in [3.63, 3.8) is 0 Å². The van der Waals surface area contributed by atoms with Gasteiger partial charge in [0.1, 0.15) is 0 Å². The molecular weight excluding hydrogens is 503 g/mol. The first-order valence-electron chi connectivity index (χ1n) is 7.20. The molecule has 0 aliphatic heterocycles. The van der Waals surface area contributed by atoms with E-state index in [0.717, 1.165) is 15.6 Å². The molecule has 2 aromatic carbocycles. The van der Waals surface area contributed by atoms with Crippen LogP contribution in [-0.2, 0) is 0 Å². The summed E-state index contributed by atoms with van der Waals surface area (Å²) in [5, 5.41) is 10.1. The highest BCUT2D eigenvalue weighted by molar-refractivity contribution is 14.1. The van der Waals surface area contributed by atoms with Crippen LogP contribution in [0, 0.1) is 3.57 Å². The minimum Gasteiger partial charge on any atom is -0.504 e. The Labute approximate surface area is 168 Å². The van der Waals surface area contributed by atoms with Crippen LogP contribution in [0.2, 0.25) is 0 Å². The molecule has 2 rings (SSSR count). The summed E-state index contributed by atoms with van der Waals surface area (Å²) in [6.45, 7) is 0. The van der Waals surface area contributed by atoms with Gasteiger partial charge in [-0.25, -0.2) is 0 Å². The van der Waals surface area contributed by atoms with E-state index in [4.69, 9.17) is 18.9 Å². The molecule has 0 bridgehead atoms. The summed E-state index contributed by atoms with van der Waals surface area (Å²) < 4.78 is 22.7. The summed E-state index contributed by atoms with van der Waals surface area (Å²) in [5.41, 5.74) is 1.71. The number of phenols is 1. The molecule has 0 spiro atoms. The number of phenolic OH excluding ortho intramolecular Hbond substituents is 1. The summed E-state index contributed by atoms with van der Waals surface area (Å²) >= 11 is 5.63. The molecule has 0 aromatic heterocycles. The van der Waals surface area contributed by atoms with Crippen molar-refractivity contribution in [1.82, 2.24) is 0 Å². The molecular formula is C18H18BrIO5. The number of aromatic hydroxyl groups is 1. The van der Waals surface area contributed by atoms with E-state index >= 15 is 0 Å². The van der Waals surface area contributed by atoms with Gasteiger partial charge in [0.25, 0.3) is 0 Å². The Kier molecular flexibility index (Phi) is 6.83. The summed E-state index contributed by atoms with van der Waals surface area (Å²) in [6, 6.07) is 5.45. The van der Waals surface area contributed by atoms with Crippen LogP contribution < -0.4 is 18.9 Å². The lowest BCUT2D eigenvalue weighted by Gasteiger charge is -2.15. The van der Waals surface area contributed by atoms with Gasteiger partial charge in [0.15, 0.2) is 23.0 Å². The normalized spacial score (nSPS) is 10.8.